The highest BCUT2D eigenvalue weighted by atomic mass is 32.1. The second-order valence-corrected chi connectivity index (χ2v) is 7.00. The number of thiophene rings is 1. The molecule has 4 heterocycles. The molecule has 0 saturated heterocycles. The molecule has 4 rings (SSSR count). The van der Waals surface area contributed by atoms with Crippen LogP contribution in [0.2, 0.25) is 0 Å². The highest BCUT2D eigenvalue weighted by Crippen LogP contribution is 2.25. The van der Waals surface area contributed by atoms with Gasteiger partial charge in [-0.15, -0.1) is 11.3 Å². The number of pyridine rings is 1. The topological polar surface area (TPSA) is 68.5 Å². The van der Waals surface area contributed by atoms with Crippen molar-refractivity contribution in [3.8, 4) is 11.4 Å². The van der Waals surface area contributed by atoms with Crippen LogP contribution in [-0.4, -0.2) is 30.8 Å². The molecular weight excluding hydrogens is 332 g/mol. The Balaban J connectivity index is 1.71. The number of hydrogen-bond acceptors (Lipinski definition) is 6. The van der Waals surface area contributed by atoms with Crippen LogP contribution in [0.15, 0.2) is 48.2 Å². The van der Waals surface area contributed by atoms with Crippen LogP contribution in [0.25, 0.3) is 22.4 Å². The minimum Gasteiger partial charge on any atom is -0.367 e. The molecule has 0 aliphatic heterocycles. The van der Waals surface area contributed by atoms with Crippen molar-refractivity contribution in [1.29, 1.82) is 0 Å². The summed E-state index contributed by atoms with van der Waals surface area (Å²) in [4.78, 5) is 14.9. The van der Waals surface area contributed by atoms with Gasteiger partial charge in [0.1, 0.15) is 5.82 Å². The molecule has 0 unspecified atom stereocenters. The molecule has 7 heteroatoms. The SMILES string of the molecule is C[C@@H](Cc1cccs1)Nc1nc(-c2cccnc2)nc2c1cnn2C. The van der Waals surface area contributed by atoms with Crippen molar-refractivity contribution in [1.82, 2.24) is 24.7 Å². The summed E-state index contributed by atoms with van der Waals surface area (Å²) >= 11 is 1.77. The third-order valence-corrected chi connectivity index (χ3v) is 4.88. The Morgan fingerprint density at radius 2 is 2.12 bits per heavy atom. The summed E-state index contributed by atoms with van der Waals surface area (Å²) in [5.41, 5.74) is 1.69. The van der Waals surface area contributed by atoms with Crippen LogP contribution in [0.5, 0.6) is 0 Å². The number of aromatic nitrogens is 5. The average molecular weight is 350 g/mol. The minimum atomic E-state index is 0.249. The van der Waals surface area contributed by atoms with Crippen LogP contribution < -0.4 is 5.32 Å². The molecule has 1 atom stereocenters. The van der Waals surface area contributed by atoms with Gasteiger partial charge in [0.2, 0.25) is 0 Å². The third kappa shape index (κ3) is 3.23. The number of nitrogens with zero attached hydrogens (tertiary/aromatic N) is 5. The molecule has 1 N–H and O–H groups in total. The van der Waals surface area contributed by atoms with E-state index in [4.69, 9.17) is 4.98 Å². The lowest BCUT2D eigenvalue weighted by molar-refractivity contribution is 0.784. The molecule has 0 spiro atoms. The van der Waals surface area contributed by atoms with E-state index in [1.165, 1.54) is 4.88 Å². The summed E-state index contributed by atoms with van der Waals surface area (Å²) in [7, 11) is 1.89. The first-order valence-corrected chi connectivity index (χ1v) is 8.98. The normalized spacial score (nSPS) is 12.4. The van der Waals surface area contributed by atoms with Gasteiger partial charge in [0, 0.05) is 42.3 Å². The number of aryl methyl sites for hydroxylation is 1. The Morgan fingerprint density at radius 3 is 2.88 bits per heavy atom. The van der Waals surface area contributed by atoms with Crippen molar-refractivity contribution < 1.29 is 0 Å². The van der Waals surface area contributed by atoms with Gasteiger partial charge in [0.25, 0.3) is 0 Å². The van der Waals surface area contributed by atoms with E-state index >= 15 is 0 Å². The van der Waals surface area contributed by atoms with E-state index in [1.807, 2.05) is 25.4 Å². The standard InChI is InChI=1S/C18H18N6S/c1-12(9-14-6-4-8-25-14)21-17-15-11-20-24(2)18(15)23-16(22-17)13-5-3-7-19-10-13/h3-8,10-12H,9H2,1-2H3,(H,21,22,23)/t12-/m0/s1. The van der Waals surface area contributed by atoms with Crippen LogP contribution in [0, 0.1) is 0 Å². The summed E-state index contributed by atoms with van der Waals surface area (Å²) in [6.45, 7) is 2.16. The summed E-state index contributed by atoms with van der Waals surface area (Å²) in [5, 5.41) is 10.9. The number of nitrogens with one attached hydrogen (secondary N) is 1. The van der Waals surface area contributed by atoms with Crippen LogP contribution >= 0.6 is 11.3 Å². The smallest absolute Gasteiger partial charge is 0.165 e. The van der Waals surface area contributed by atoms with Crippen molar-refractivity contribution in [2.45, 2.75) is 19.4 Å². The first-order valence-electron chi connectivity index (χ1n) is 8.10. The van der Waals surface area contributed by atoms with Crippen LogP contribution in [0.3, 0.4) is 0 Å². The minimum absolute atomic E-state index is 0.249. The number of anilines is 1. The zero-order chi connectivity index (χ0) is 17.2. The van der Waals surface area contributed by atoms with Crippen LogP contribution in [-0.2, 0) is 13.5 Å². The predicted octanol–water partition coefficient (Wildman–Crippen LogP) is 3.53. The van der Waals surface area contributed by atoms with E-state index in [-0.39, 0.29) is 6.04 Å². The maximum atomic E-state index is 4.74. The van der Waals surface area contributed by atoms with Crippen LogP contribution in [0.4, 0.5) is 5.82 Å². The van der Waals surface area contributed by atoms with E-state index in [2.05, 4.69) is 44.8 Å². The van der Waals surface area contributed by atoms with Crippen molar-refractivity contribution in [2.75, 3.05) is 5.32 Å². The van der Waals surface area contributed by atoms with Gasteiger partial charge in [0.05, 0.1) is 11.6 Å². The molecule has 25 heavy (non-hydrogen) atoms. The quantitative estimate of drug-likeness (QED) is 0.596. The van der Waals surface area contributed by atoms with Gasteiger partial charge in [-0.25, -0.2) is 9.97 Å². The van der Waals surface area contributed by atoms with E-state index in [0.29, 0.717) is 5.82 Å². The monoisotopic (exact) mass is 350 g/mol. The molecular formula is C18H18N6S. The fraction of sp³-hybridized carbons (Fsp3) is 0.222. The Hall–Kier alpha value is -2.80. The van der Waals surface area contributed by atoms with Crippen molar-refractivity contribution in [3.63, 3.8) is 0 Å². The van der Waals surface area contributed by atoms with Gasteiger partial charge >= 0.3 is 0 Å². The Labute approximate surface area is 149 Å². The van der Waals surface area contributed by atoms with Gasteiger partial charge < -0.3 is 5.32 Å². The van der Waals surface area contributed by atoms with E-state index in [9.17, 15) is 0 Å². The molecule has 0 aliphatic rings. The lowest BCUT2D eigenvalue weighted by Crippen LogP contribution is -2.19. The third-order valence-electron chi connectivity index (χ3n) is 3.98. The van der Waals surface area contributed by atoms with Gasteiger partial charge in [-0.05, 0) is 30.5 Å². The van der Waals surface area contributed by atoms with Crippen molar-refractivity contribution in [2.24, 2.45) is 7.05 Å². The van der Waals surface area contributed by atoms with E-state index in [1.54, 1.807) is 28.4 Å². The number of rotatable bonds is 5. The molecule has 0 fully saturated rings. The van der Waals surface area contributed by atoms with Gasteiger partial charge in [-0.1, -0.05) is 6.07 Å². The van der Waals surface area contributed by atoms with Gasteiger partial charge in [0.15, 0.2) is 11.5 Å². The number of hydrogen-bond donors (Lipinski definition) is 1. The molecule has 4 aromatic heterocycles. The fourth-order valence-electron chi connectivity index (χ4n) is 2.77. The predicted molar refractivity (Wildman–Crippen MR) is 101 cm³/mol. The first kappa shape index (κ1) is 15.7. The van der Waals surface area contributed by atoms with Crippen LogP contribution in [0.1, 0.15) is 11.8 Å². The summed E-state index contributed by atoms with van der Waals surface area (Å²) in [6, 6.07) is 8.33. The molecule has 126 valence electrons. The summed E-state index contributed by atoms with van der Waals surface area (Å²) in [5.74, 6) is 1.45. The summed E-state index contributed by atoms with van der Waals surface area (Å²) < 4.78 is 1.77. The van der Waals surface area contributed by atoms with Crippen molar-refractivity contribution in [3.05, 3.63) is 53.1 Å². The Bertz CT molecular complexity index is 978. The highest BCUT2D eigenvalue weighted by molar-refractivity contribution is 7.09. The van der Waals surface area contributed by atoms with Gasteiger partial charge in [-0.2, -0.15) is 5.10 Å². The molecule has 0 amide bonds. The lowest BCUT2D eigenvalue weighted by atomic mass is 10.2. The second-order valence-electron chi connectivity index (χ2n) is 5.97. The van der Waals surface area contributed by atoms with Crippen molar-refractivity contribution >= 4 is 28.2 Å². The summed E-state index contributed by atoms with van der Waals surface area (Å²) in [6.07, 6.45) is 6.28. The largest absolute Gasteiger partial charge is 0.367 e. The molecule has 0 saturated carbocycles. The first-order chi connectivity index (χ1) is 12.2. The zero-order valence-corrected chi connectivity index (χ0v) is 14.9. The maximum absolute atomic E-state index is 4.74. The average Bonchev–Trinajstić information content (AvgIpc) is 3.26. The molecule has 0 bridgehead atoms. The van der Waals surface area contributed by atoms with Gasteiger partial charge in [-0.3, -0.25) is 9.67 Å². The molecule has 4 aromatic rings. The Kier molecular flexibility index (Phi) is 4.15. The molecule has 0 aliphatic carbocycles. The maximum Gasteiger partial charge on any atom is 0.165 e. The second kappa shape index (κ2) is 6.60. The van der Waals surface area contributed by atoms with E-state index in [0.717, 1.165) is 28.8 Å². The Morgan fingerprint density at radius 1 is 1.20 bits per heavy atom. The molecule has 6 nitrogen and oxygen atoms in total. The zero-order valence-electron chi connectivity index (χ0n) is 14.0. The molecule has 0 aromatic carbocycles. The number of fused-ring (bicyclic) bond motifs is 1. The highest BCUT2D eigenvalue weighted by Gasteiger charge is 2.15. The van der Waals surface area contributed by atoms with E-state index < -0.39 is 0 Å². The fourth-order valence-corrected chi connectivity index (χ4v) is 3.61. The lowest BCUT2D eigenvalue weighted by Gasteiger charge is -2.15. The molecule has 0 radical (unpaired) electrons.